The van der Waals surface area contributed by atoms with Gasteiger partial charge >= 0.3 is 6.03 Å². The molecule has 0 spiro atoms. The third-order valence-electron chi connectivity index (χ3n) is 5.34. The van der Waals surface area contributed by atoms with E-state index in [0.29, 0.717) is 18.8 Å². The van der Waals surface area contributed by atoms with E-state index < -0.39 is 23.9 Å². The molecule has 1 aliphatic heterocycles. The number of rotatable bonds is 10. The van der Waals surface area contributed by atoms with Gasteiger partial charge in [0.15, 0.2) is 0 Å². The van der Waals surface area contributed by atoms with E-state index in [-0.39, 0.29) is 19.7 Å². The van der Waals surface area contributed by atoms with E-state index in [4.69, 9.17) is 9.47 Å². The molecule has 0 bridgehead atoms. The molecule has 2 aromatic carbocycles. The first-order valence-electron chi connectivity index (χ1n) is 10.8. The number of nitrogens with zero attached hydrogens (tertiary/aromatic N) is 1. The van der Waals surface area contributed by atoms with Gasteiger partial charge in [0.25, 0.3) is 5.91 Å². The number of hydrogen-bond acceptors (Lipinski definition) is 5. The Morgan fingerprint density at radius 3 is 2.55 bits per heavy atom. The number of carbonyl (C=O) groups excluding carboxylic acids is 3. The van der Waals surface area contributed by atoms with E-state index in [9.17, 15) is 14.4 Å². The van der Waals surface area contributed by atoms with Gasteiger partial charge in [-0.1, -0.05) is 18.2 Å². The van der Waals surface area contributed by atoms with E-state index >= 15 is 0 Å². The molecule has 9 nitrogen and oxygen atoms in total. The molecule has 3 aromatic rings. The van der Waals surface area contributed by atoms with Gasteiger partial charge < -0.3 is 25.1 Å². The Kier molecular flexibility index (Phi) is 6.77. The summed E-state index contributed by atoms with van der Waals surface area (Å²) < 4.78 is 11.0. The molecule has 1 fully saturated rings. The molecule has 3 N–H and O–H groups in total. The summed E-state index contributed by atoms with van der Waals surface area (Å²) in [6.07, 6.45) is 2.19. The molecule has 33 heavy (non-hydrogen) atoms. The summed E-state index contributed by atoms with van der Waals surface area (Å²) in [5.74, 6) is 0.573. The second-order valence-corrected chi connectivity index (χ2v) is 7.59. The van der Waals surface area contributed by atoms with Gasteiger partial charge in [0.2, 0.25) is 5.91 Å². The second-order valence-electron chi connectivity index (χ2n) is 7.59. The normalized spacial score (nSPS) is 15.5. The highest BCUT2D eigenvalue weighted by Gasteiger charge is 2.39. The number of amides is 4. The number of urea groups is 1. The van der Waals surface area contributed by atoms with Gasteiger partial charge in [-0.25, -0.2) is 4.79 Å². The van der Waals surface area contributed by atoms with E-state index in [1.165, 1.54) is 0 Å². The fourth-order valence-corrected chi connectivity index (χ4v) is 3.74. The topological polar surface area (TPSA) is 113 Å². The highest BCUT2D eigenvalue weighted by molar-refractivity contribution is 6.06. The van der Waals surface area contributed by atoms with Crippen molar-refractivity contribution in [3.8, 4) is 11.5 Å². The van der Waals surface area contributed by atoms with Crippen molar-refractivity contribution in [2.24, 2.45) is 0 Å². The lowest BCUT2D eigenvalue weighted by molar-refractivity contribution is -0.132. The third-order valence-corrected chi connectivity index (χ3v) is 5.34. The number of fused-ring (bicyclic) bond motifs is 1. The van der Waals surface area contributed by atoms with Crippen LogP contribution in [0, 0.1) is 0 Å². The molecular formula is C24H26N4O5. The Balaban J connectivity index is 1.23. The number of H-pyrrole nitrogens is 1. The number of benzene rings is 2. The number of nitrogens with one attached hydrogen (secondary N) is 3. The van der Waals surface area contributed by atoms with Gasteiger partial charge in [0.1, 0.15) is 30.7 Å². The first kappa shape index (κ1) is 22.2. The predicted molar refractivity (Wildman–Crippen MR) is 122 cm³/mol. The Hall–Kier alpha value is -4.01. The fraction of sp³-hybridized carbons (Fsp3) is 0.292. The zero-order valence-corrected chi connectivity index (χ0v) is 18.3. The Labute approximate surface area is 191 Å². The number of aromatic amines is 1. The maximum atomic E-state index is 12.7. The maximum Gasteiger partial charge on any atom is 0.325 e. The van der Waals surface area contributed by atoms with Crippen molar-refractivity contribution in [3.05, 3.63) is 60.3 Å². The number of hydrogen-bond donors (Lipinski definition) is 3. The lowest BCUT2D eigenvalue weighted by Crippen LogP contribution is -2.42. The molecular weight excluding hydrogens is 424 g/mol. The van der Waals surface area contributed by atoms with E-state index in [1.807, 2.05) is 49.5 Å². The van der Waals surface area contributed by atoms with Crippen molar-refractivity contribution < 1.29 is 23.9 Å². The summed E-state index contributed by atoms with van der Waals surface area (Å²) in [6, 6.07) is 13.7. The number of para-hydroxylation sites is 1. The number of carbonyl (C=O) groups is 3. The smallest absolute Gasteiger partial charge is 0.325 e. The molecule has 1 unspecified atom stereocenters. The van der Waals surface area contributed by atoms with Crippen molar-refractivity contribution in [2.45, 2.75) is 19.4 Å². The first-order valence-corrected chi connectivity index (χ1v) is 10.8. The summed E-state index contributed by atoms with van der Waals surface area (Å²) >= 11 is 0. The fourth-order valence-electron chi connectivity index (χ4n) is 3.74. The molecule has 172 valence electrons. The van der Waals surface area contributed by atoms with E-state index in [1.54, 1.807) is 12.1 Å². The van der Waals surface area contributed by atoms with Crippen molar-refractivity contribution in [3.63, 3.8) is 0 Å². The van der Waals surface area contributed by atoms with Crippen molar-refractivity contribution in [1.29, 1.82) is 0 Å². The molecule has 0 radical (unpaired) electrons. The minimum atomic E-state index is -0.701. The van der Waals surface area contributed by atoms with Gasteiger partial charge in [0, 0.05) is 23.5 Å². The number of ether oxygens (including phenoxy) is 2. The van der Waals surface area contributed by atoms with Crippen LogP contribution < -0.4 is 20.1 Å². The van der Waals surface area contributed by atoms with Gasteiger partial charge in [-0.3, -0.25) is 14.5 Å². The highest BCUT2D eigenvalue weighted by Crippen LogP contribution is 2.21. The van der Waals surface area contributed by atoms with Crippen LogP contribution in [0.3, 0.4) is 0 Å². The summed E-state index contributed by atoms with van der Waals surface area (Å²) in [6.45, 7) is 2.67. The molecule has 2 heterocycles. The Morgan fingerprint density at radius 2 is 1.79 bits per heavy atom. The minimum absolute atomic E-state index is 0.245. The summed E-state index contributed by atoms with van der Waals surface area (Å²) in [7, 11) is 0. The van der Waals surface area contributed by atoms with Crippen LogP contribution in [-0.4, -0.2) is 60.1 Å². The molecule has 1 saturated heterocycles. The molecule has 4 rings (SSSR count). The lowest BCUT2D eigenvalue weighted by atomic mass is 10.1. The molecule has 0 saturated carbocycles. The summed E-state index contributed by atoms with van der Waals surface area (Å²) in [5.41, 5.74) is 1.90. The SMILES string of the molecule is CCOc1ccc(OCCNC(=O)CN2C(=O)NC(Cc3c[nH]c4ccccc34)C2=O)cc1. The number of imide groups is 1. The van der Waals surface area contributed by atoms with Crippen molar-refractivity contribution in [1.82, 2.24) is 20.5 Å². The van der Waals surface area contributed by atoms with Gasteiger partial charge in [-0.2, -0.15) is 0 Å². The highest BCUT2D eigenvalue weighted by atomic mass is 16.5. The largest absolute Gasteiger partial charge is 0.494 e. The van der Waals surface area contributed by atoms with Crippen LogP contribution in [-0.2, 0) is 16.0 Å². The average molecular weight is 450 g/mol. The zero-order chi connectivity index (χ0) is 23.2. The standard InChI is InChI=1S/C24H26N4O5/c1-2-32-17-7-9-18(10-8-17)33-12-11-25-22(29)15-28-23(30)21(27-24(28)31)13-16-14-26-20-6-4-3-5-19(16)20/h3-10,14,21,26H,2,11-13,15H2,1H3,(H,25,29)(H,27,31). The van der Waals surface area contributed by atoms with Crippen LogP contribution in [0.25, 0.3) is 10.9 Å². The summed E-state index contributed by atoms with van der Waals surface area (Å²) in [5, 5.41) is 6.35. The molecule has 0 aliphatic carbocycles. The lowest BCUT2D eigenvalue weighted by Gasteiger charge is -2.13. The van der Waals surface area contributed by atoms with E-state index in [0.717, 1.165) is 27.1 Å². The average Bonchev–Trinajstić information content (AvgIpc) is 3.34. The Bertz CT molecular complexity index is 1140. The quantitative estimate of drug-likeness (QED) is 0.324. The van der Waals surface area contributed by atoms with Gasteiger partial charge in [-0.05, 0) is 42.8 Å². The van der Waals surface area contributed by atoms with Crippen LogP contribution in [0.15, 0.2) is 54.7 Å². The molecule has 1 atom stereocenters. The minimum Gasteiger partial charge on any atom is -0.494 e. The maximum absolute atomic E-state index is 12.7. The third kappa shape index (κ3) is 5.25. The molecule has 1 aromatic heterocycles. The second kappa shape index (κ2) is 10.1. The summed E-state index contributed by atoms with van der Waals surface area (Å²) in [4.78, 5) is 41.4. The molecule has 1 aliphatic rings. The Morgan fingerprint density at radius 1 is 1.06 bits per heavy atom. The van der Waals surface area contributed by atoms with Crippen molar-refractivity contribution >= 4 is 28.7 Å². The van der Waals surface area contributed by atoms with Gasteiger partial charge in [0.05, 0.1) is 13.2 Å². The number of aromatic nitrogens is 1. The van der Waals surface area contributed by atoms with Crippen LogP contribution in [0.4, 0.5) is 4.79 Å². The van der Waals surface area contributed by atoms with Gasteiger partial charge in [-0.15, -0.1) is 0 Å². The molecule has 9 heteroatoms. The van der Waals surface area contributed by atoms with Crippen LogP contribution in [0.5, 0.6) is 11.5 Å². The first-order chi connectivity index (χ1) is 16.0. The van der Waals surface area contributed by atoms with Crippen LogP contribution in [0.2, 0.25) is 0 Å². The molecule has 4 amide bonds. The van der Waals surface area contributed by atoms with Crippen LogP contribution in [0.1, 0.15) is 12.5 Å². The monoisotopic (exact) mass is 450 g/mol. The predicted octanol–water partition coefficient (Wildman–Crippen LogP) is 2.22. The van der Waals surface area contributed by atoms with Crippen LogP contribution >= 0.6 is 0 Å². The van der Waals surface area contributed by atoms with E-state index in [2.05, 4.69) is 15.6 Å². The van der Waals surface area contributed by atoms with Crippen molar-refractivity contribution in [2.75, 3.05) is 26.3 Å². The zero-order valence-electron chi connectivity index (χ0n) is 18.3.